The first kappa shape index (κ1) is 10.6. The zero-order valence-corrected chi connectivity index (χ0v) is 8.48. The van der Waals surface area contributed by atoms with E-state index in [0.717, 1.165) is 6.42 Å². The fourth-order valence-corrected chi connectivity index (χ4v) is 1.50. The molecule has 5 heteroatoms. The van der Waals surface area contributed by atoms with Crippen LogP contribution >= 0.6 is 23.2 Å². The molecule has 1 rings (SSSR count). The smallest absolute Gasteiger partial charge is 0.269 e. The van der Waals surface area contributed by atoms with Crippen LogP contribution in [0.4, 0.5) is 0 Å². The van der Waals surface area contributed by atoms with E-state index < -0.39 is 0 Å². The Labute approximate surface area is 86.1 Å². The lowest BCUT2D eigenvalue weighted by atomic mass is 10.4. The van der Waals surface area contributed by atoms with Crippen molar-refractivity contribution in [2.75, 3.05) is 6.54 Å². The second-order valence-electron chi connectivity index (χ2n) is 2.65. The zero-order valence-electron chi connectivity index (χ0n) is 6.96. The van der Waals surface area contributed by atoms with Gasteiger partial charge in [-0.3, -0.25) is 4.79 Å². The maximum absolute atomic E-state index is 11.4. The van der Waals surface area contributed by atoms with Crippen LogP contribution in [0.1, 0.15) is 6.42 Å². The molecule has 0 radical (unpaired) electrons. The van der Waals surface area contributed by atoms with Crippen LogP contribution in [0, 0.1) is 0 Å². The number of nitrogens with two attached hydrogens (primary N) is 1. The Morgan fingerprint density at radius 2 is 2.15 bits per heavy atom. The fraction of sp³-hybridized carbons (Fsp3) is 0.375. The normalized spacial score (nSPS) is 10.4. The van der Waals surface area contributed by atoms with Gasteiger partial charge in [0.05, 0.1) is 5.02 Å². The number of hydrogen-bond acceptors (Lipinski definition) is 2. The molecule has 0 spiro atoms. The molecule has 1 aromatic rings. The first-order valence-electron chi connectivity index (χ1n) is 3.90. The molecule has 0 amide bonds. The highest BCUT2D eigenvalue weighted by atomic mass is 35.5. The average molecular weight is 221 g/mol. The highest BCUT2D eigenvalue weighted by molar-refractivity contribution is 6.34. The van der Waals surface area contributed by atoms with Crippen molar-refractivity contribution in [1.29, 1.82) is 0 Å². The van der Waals surface area contributed by atoms with Gasteiger partial charge in [0.2, 0.25) is 0 Å². The Bertz CT molecular complexity index is 348. The largest absolute Gasteiger partial charge is 0.330 e. The summed E-state index contributed by atoms with van der Waals surface area (Å²) in [5, 5.41) is 0.603. The van der Waals surface area contributed by atoms with Gasteiger partial charge in [0.15, 0.2) is 0 Å². The number of halogens is 2. The summed E-state index contributed by atoms with van der Waals surface area (Å²) >= 11 is 11.4. The van der Waals surface area contributed by atoms with Gasteiger partial charge in [-0.15, -0.1) is 0 Å². The van der Waals surface area contributed by atoms with Crippen LogP contribution in [0.25, 0.3) is 0 Å². The molecule has 0 atom stereocenters. The average Bonchev–Trinajstić information content (AvgIpc) is 2.09. The van der Waals surface area contributed by atoms with Crippen molar-refractivity contribution in [2.24, 2.45) is 5.73 Å². The van der Waals surface area contributed by atoms with Crippen molar-refractivity contribution >= 4 is 23.2 Å². The molecular weight excluding hydrogens is 211 g/mol. The van der Waals surface area contributed by atoms with E-state index in [1.807, 2.05) is 0 Å². The number of hydrogen-bond donors (Lipinski definition) is 1. The van der Waals surface area contributed by atoms with Crippen LogP contribution in [-0.2, 0) is 6.54 Å². The van der Waals surface area contributed by atoms with Gasteiger partial charge in [0.25, 0.3) is 5.56 Å². The standard InChI is InChI=1S/C8H10Cl2N2O/c9-6-4-7(10)8(13)12(5-6)3-1-2-11/h4-5H,1-3,11H2. The zero-order chi connectivity index (χ0) is 9.84. The lowest BCUT2D eigenvalue weighted by molar-refractivity contribution is 0.630. The van der Waals surface area contributed by atoms with Gasteiger partial charge in [0, 0.05) is 12.7 Å². The number of rotatable bonds is 3. The van der Waals surface area contributed by atoms with E-state index in [4.69, 9.17) is 28.9 Å². The van der Waals surface area contributed by atoms with Gasteiger partial charge in [-0.2, -0.15) is 0 Å². The third kappa shape index (κ3) is 2.72. The number of aryl methyl sites for hydroxylation is 1. The van der Waals surface area contributed by atoms with Gasteiger partial charge in [-0.05, 0) is 19.0 Å². The quantitative estimate of drug-likeness (QED) is 0.840. The van der Waals surface area contributed by atoms with E-state index in [-0.39, 0.29) is 10.6 Å². The van der Waals surface area contributed by atoms with Crippen molar-refractivity contribution in [3.8, 4) is 0 Å². The molecule has 0 aliphatic rings. The molecule has 0 saturated heterocycles. The Balaban J connectivity index is 2.99. The molecule has 0 aromatic carbocycles. The van der Waals surface area contributed by atoms with Gasteiger partial charge >= 0.3 is 0 Å². The Kier molecular flexibility index (Phi) is 3.78. The highest BCUT2D eigenvalue weighted by Crippen LogP contribution is 2.11. The fourth-order valence-electron chi connectivity index (χ4n) is 0.992. The Morgan fingerprint density at radius 1 is 1.46 bits per heavy atom. The maximum atomic E-state index is 11.4. The predicted octanol–water partition coefficient (Wildman–Crippen LogP) is 1.50. The summed E-state index contributed by atoms with van der Waals surface area (Å²) in [6, 6.07) is 1.43. The highest BCUT2D eigenvalue weighted by Gasteiger charge is 2.02. The van der Waals surface area contributed by atoms with Crippen molar-refractivity contribution in [1.82, 2.24) is 4.57 Å². The van der Waals surface area contributed by atoms with Crippen LogP contribution in [0.15, 0.2) is 17.1 Å². The van der Waals surface area contributed by atoms with Crippen molar-refractivity contribution in [3.05, 3.63) is 32.7 Å². The SMILES string of the molecule is NCCCn1cc(Cl)cc(Cl)c1=O. The second kappa shape index (κ2) is 4.65. The molecule has 0 aliphatic heterocycles. The second-order valence-corrected chi connectivity index (χ2v) is 3.49. The summed E-state index contributed by atoms with van der Waals surface area (Å²) in [5.74, 6) is 0. The number of aromatic nitrogens is 1. The van der Waals surface area contributed by atoms with Crippen LogP contribution in [0.5, 0.6) is 0 Å². The predicted molar refractivity (Wildman–Crippen MR) is 54.4 cm³/mol. The molecule has 0 unspecified atom stereocenters. The summed E-state index contributed by atoms with van der Waals surface area (Å²) in [5.41, 5.74) is 5.10. The molecule has 1 aromatic heterocycles. The van der Waals surface area contributed by atoms with E-state index in [0.29, 0.717) is 18.1 Å². The summed E-state index contributed by atoms with van der Waals surface area (Å²) < 4.78 is 1.47. The monoisotopic (exact) mass is 220 g/mol. The lowest BCUT2D eigenvalue weighted by Crippen LogP contribution is -2.21. The maximum Gasteiger partial charge on any atom is 0.269 e. The summed E-state index contributed by atoms with van der Waals surface area (Å²) in [6.45, 7) is 1.09. The minimum atomic E-state index is -0.223. The van der Waals surface area contributed by atoms with Crippen molar-refractivity contribution in [2.45, 2.75) is 13.0 Å². The van der Waals surface area contributed by atoms with E-state index in [1.54, 1.807) is 6.20 Å². The van der Waals surface area contributed by atoms with Crippen LogP contribution in [-0.4, -0.2) is 11.1 Å². The minimum Gasteiger partial charge on any atom is -0.330 e. The van der Waals surface area contributed by atoms with Gasteiger partial charge in [-0.1, -0.05) is 23.2 Å². The molecule has 0 bridgehead atoms. The van der Waals surface area contributed by atoms with Crippen LogP contribution in [0.3, 0.4) is 0 Å². The summed E-state index contributed by atoms with van der Waals surface area (Å²) in [4.78, 5) is 11.4. The summed E-state index contributed by atoms with van der Waals surface area (Å²) in [7, 11) is 0. The molecule has 3 nitrogen and oxygen atoms in total. The van der Waals surface area contributed by atoms with Crippen LogP contribution < -0.4 is 11.3 Å². The molecule has 1 heterocycles. The molecular formula is C8H10Cl2N2O. The molecule has 0 aliphatic carbocycles. The molecule has 0 saturated carbocycles. The van der Waals surface area contributed by atoms with Gasteiger partial charge in [-0.25, -0.2) is 0 Å². The molecule has 13 heavy (non-hydrogen) atoms. The third-order valence-electron chi connectivity index (χ3n) is 1.61. The number of nitrogens with zero attached hydrogens (tertiary/aromatic N) is 1. The third-order valence-corrected chi connectivity index (χ3v) is 2.09. The van der Waals surface area contributed by atoms with E-state index >= 15 is 0 Å². The molecule has 0 fully saturated rings. The Hall–Kier alpha value is -0.510. The van der Waals surface area contributed by atoms with E-state index in [2.05, 4.69) is 0 Å². The van der Waals surface area contributed by atoms with Crippen molar-refractivity contribution < 1.29 is 0 Å². The number of pyridine rings is 1. The van der Waals surface area contributed by atoms with Crippen LogP contribution in [0.2, 0.25) is 10.0 Å². The minimum absolute atomic E-state index is 0.143. The van der Waals surface area contributed by atoms with E-state index in [9.17, 15) is 4.79 Å². The first-order valence-corrected chi connectivity index (χ1v) is 4.66. The Morgan fingerprint density at radius 3 is 2.77 bits per heavy atom. The molecule has 72 valence electrons. The van der Waals surface area contributed by atoms with E-state index in [1.165, 1.54) is 10.6 Å². The topological polar surface area (TPSA) is 48.0 Å². The lowest BCUT2D eigenvalue weighted by Gasteiger charge is -2.05. The van der Waals surface area contributed by atoms with Gasteiger partial charge in [0.1, 0.15) is 5.02 Å². The molecule has 2 N–H and O–H groups in total. The van der Waals surface area contributed by atoms with Crippen molar-refractivity contribution in [3.63, 3.8) is 0 Å². The first-order chi connectivity index (χ1) is 6.15. The summed E-state index contributed by atoms with van der Waals surface area (Å²) in [6.07, 6.45) is 2.29. The van der Waals surface area contributed by atoms with Gasteiger partial charge < -0.3 is 10.3 Å².